The predicted molar refractivity (Wildman–Crippen MR) is 152 cm³/mol. The molecule has 0 radical (unpaired) electrons. The van der Waals surface area contributed by atoms with Gasteiger partial charge in [-0.15, -0.1) is 11.8 Å². The van der Waals surface area contributed by atoms with Gasteiger partial charge in [0.2, 0.25) is 0 Å². The minimum atomic E-state index is -1.18. The Balaban J connectivity index is 1.70. The summed E-state index contributed by atoms with van der Waals surface area (Å²) in [4.78, 5) is 12.4. The van der Waals surface area contributed by atoms with Gasteiger partial charge in [-0.2, -0.15) is 0 Å². The van der Waals surface area contributed by atoms with Gasteiger partial charge in [0.25, 0.3) is 0 Å². The van der Waals surface area contributed by atoms with Crippen LogP contribution in [0.3, 0.4) is 0 Å². The Morgan fingerprint density at radius 2 is 1.68 bits per heavy atom. The summed E-state index contributed by atoms with van der Waals surface area (Å²) in [5.41, 5.74) is 6.55. The Morgan fingerprint density at radius 3 is 2.32 bits per heavy atom. The fraction of sp³-hybridized carbons (Fsp3) is 0.344. The van der Waals surface area contributed by atoms with Crippen molar-refractivity contribution in [1.29, 1.82) is 0 Å². The van der Waals surface area contributed by atoms with Gasteiger partial charge in [0.05, 0.1) is 6.10 Å². The quantitative estimate of drug-likeness (QED) is 0.279. The van der Waals surface area contributed by atoms with Gasteiger partial charge in [-0.3, -0.25) is 0 Å². The lowest BCUT2D eigenvalue weighted by Crippen LogP contribution is -2.34. The van der Waals surface area contributed by atoms with Crippen molar-refractivity contribution in [2.24, 2.45) is 0 Å². The molecule has 3 aromatic carbocycles. The summed E-state index contributed by atoms with van der Waals surface area (Å²) in [6.45, 7) is 11.3. The number of fused-ring (bicyclic) bond motifs is 1. The van der Waals surface area contributed by atoms with Crippen LogP contribution in [-0.2, 0) is 16.6 Å². The fourth-order valence-corrected chi connectivity index (χ4v) is 6.29. The van der Waals surface area contributed by atoms with Gasteiger partial charge in [-0.05, 0) is 76.6 Å². The molecule has 0 aromatic heterocycles. The van der Waals surface area contributed by atoms with Crippen LogP contribution in [0.4, 0.5) is 0 Å². The summed E-state index contributed by atoms with van der Waals surface area (Å²) >= 11 is 1.83. The Hall–Kier alpha value is -3.02. The molecule has 0 amide bonds. The summed E-state index contributed by atoms with van der Waals surface area (Å²) < 4.78 is 0. The number of carboxylic acid groups (broad SMARTS) is 1. The number of aliphatic hydroxyl groups excluding tert-OH is 1. The number of thioether (sulfide) groups is 1. The van der Waals surface area contributed by atoms with Gasteiger partial charge >= 0.3 is 5.97 Å². The second-order valence-electron chi connectivity index (χ2n) is 11.4. The molecule has 4 nitrogen and oxygen atoms in total. The second-order valence-corrected chi connectivity index (χ2v) is 12.4. The van der Waals surface area contributed by atoms with Gasteiger partial charge in [-0.25, -0.2) is 4.79 Å². The third-order valence-corrected chi connectivity index (χ3v) is 8.60. The molecule has 1 aliphatic rings. The molecule has 37 heavy (non-hydrogen) atoms. The first-order valence-electron chi connectivity index (χ1n) is 12.7. The van der Waals surface area contributed by atoms with E-state index in [2.05, 4.69) is 71.0 Å². The average Bonchev–Trinajstić information content (AvgIpc) is 2.84. The van der Waals surface area contributed by atoms with Crippen molar-refractivity contribution in [2.45, 2.75) is 75.0 Å². The first-order chi connectivity index (χ1) is 17.4. The highest BCUT2D eigenvalue weighted by Crippen LogP contribution is 2.50. The second kappa shape index (κ2) is 10.4. The van der Waals surface area contributed by atoms with Gasteiger partial charge in [0.15, 0.2) is 0 Å². The zero-order chi connectivity index (χ0) is 27.0. The molecule has 0 saturated carbocycles. The third-order valence-electron chi connectivity index (χ3n) is 7.49. The standard InChI is InChI=1S/C32H36O4S/c1-20-6-8-22(9-7-20)19-37-28-18-23(17-25-29(28)32(4,5)15-14-31(25,2)3)26(33)13-11-21-10-12-24(30(35)36)27(34)16-21/h6-13,16-18,26,33-34H,14-15,19H2,1-5H3,(H,35,36)/b13-11+. The molecule has 0 fully saturated rings. The van der Waals surface area contributed by atoms with Crippen molar-refractivity contribution >= 4 is 23.8 Å². The van der Waals surface area contributed by atoms with Crippen molar-refractivity contribution < 1.29 is 20.1 Å². The van der Waals surface area contributed by atoms with Crippen LogP contribution in [0.25, 0.3) is 6.08 Å². The van der Waals surface area contributed by atoms with Crippen LogP contribution in [0.1, 0.15) is 90.4 Å². The van der Waals surface area contributed by atoms with Gasteiger partial charge in [0, 0.05) is 10.6 Å². The molecule has 3 aromatic rings. The van der Waals surface area contributed by atoms with Crippen LogP contribution >= 0.6 is 11.8 Å². The van der Waals surface area contributed by atoms with E-state index in [1.807, 2.05) is 11.8 Å². The van der Waals surface area contributed by atoms with Crippen molar-refractivity contribution in [3.8, 4) is 5.75 Å². The molecule has 194 valence electrons. The third kappa shape index (κ3) is 5.94. The lowest BCUT2D eigenvalue weighted by molar-refractivity contribution is 0.0693. The number of rotatable bonds is 7. The minimum Gasteiger partial charge on any atom is -0.507 e. The van der Waals surface area contributed by atoms with E-state index in [-0.39, 0.29) is 22.1 Å². The maximum Gasteiger partial charge on any atom is 0.339 e. The van der Waals surface area contributed by atoms with E-state index in [1.54, 1.807) is 18.2 Å². The predicted octanol–water partition coefficient (Wildman–Crippen LogP) is 7.79. The highest BCUT2D eigenvalue weighted by molar-refractivity contribution is 7.98. The number of aromatic carboxylic acids is 1. The molecule has 0 heterocycles. The Bertz CT molecular complexity index is 1340. The fourth-order valence-electron chi connectivity index (χ4n) is 5.03. The smallest absolute Gasteiger partial charge is 0.339 e. The van der Waals surface area contributed by atoms with E-state index in [9.17, 15) is 15.0 Å². The molecule has 5 heteroatoms. The summed E-state index contributed by atoms with van der Waals surface area (Å²) in [7, 11) is 0. The molecular formula is C32H36O4S. The molecule has 0 saturated heterocycles. The number of carbonyl (C=O) groups is 1. The van der Waals surface area contributed by atoms with Crippen LogP contribution < -0.4 is 0 Å². The lowest BCUT2D eigenvalue weighted by atomic mass is 9.63. The van der Waals surface area contributed by atoms with Crippen LogP contribution in [0, 0.1) is 6.92 Å². The van der Waals surface area contributed by atoms with E-state index in [0.29, 0.717) is 5.56 Å². The topological polar surface area (TPSA) is 77.8 Å². The zero-order valence-electron chi connectivity index (χ0n) is 22.2. The number of aliphatic hydroxyl groups is 1. The van der Waals surface area contributed by atoms with Gasteiger partial charge < -0.3 is 15.3 Å². The first kappa shape index (κ1) is 27.0. The number of hydrogen-bond donors (Lipinski definition) is 3. The van der Waals surface area contributed by atoms with Crippen LogP contribution in [-0.4, -0.2) is 21.3 Å². The molecule has 0 bridgehead atoms. The molecule has 1 aliphatic carbocycles. The largest absolute Gasteiger partial charge is 0.507 e. The van der Waals surface area contributed by atoms with Crippen LogP contribution in [0.15, 0.2) is 65.6 Å². The van der Waals surface area contributed by atoms with E-state index >= 15 is 0 Å². The maximum atomic E-state index is 11.2. The van der Waals surface area contributed by atoms with Crippen molar-refractivity contribution in [3.05, 3.63) is 99.6 Å². The van der Waals surface area contributed by atoms with Gasteiger partial charge in [-0.1, -0.05) is 81.8 Å². The zero-order valence-corrected chi connectivity index (χ0v) is 23.0. The molecule has 1 atom stereocenters. The normalized spacial score (nSPS) is 16.9. The lowest BCUT2D eigenvalue weighted by Gasteiger charge is -2.43. The maximum absolute atomic E-state index is 11.2. The van der Waals surface area contributed by atoms with E-state index in [0.717, 1.165) is 24.2 Å². The Morgan fingerprint density at radius 1 is 1.00 bits per heavy atom. The van der Waals surface area contributed by atoms with E-state index in [1.165, 1.54) is 39.3 Å². The minimum absolute atomic E-state index is 0.00190. The number of hydrogen-bond acceptors (Lipinski definition) is 4. The SMILES string of the molecule is Cc1ccc(CSc2cc(C(O)/C=C/c3ccc(C(=O)O)c(O)c3)cc3c2C(C)(C)CCC3(C)C)cc1. The van der Waals surface area contributed by atoms with Gasteiger partial charge in [0.1, 0.15) is 11.3 Å². The number of benzene rings is 3. The monoisotopic (exact) mass is 516 g/mol. The average molecular weight is 517 g/mol. The Kier molecular flexibility index (Phi) is 7.59. The van der Waals surface area contributed by atoms with Crippen LogP contribution in [0.5, 0.6) is 5.75 Å². The summed E-state index contributed by atoms with van der Waals surface area (Å²) in [6.07, 6.45) is 4.75. The molecule has 4 rings (SSSR count). The van der Waals surface area contributed by atoms with Crippen molar-refractivity contribution in [3.63, 3.8) is 0 Å². The number of carboxylic acids is 1. The highest BCUT2D eigenvalue weighted by Gasteiger charge is 2.39. The number of phenols is 1. The molecule has 1 unspecified atom stereocenters. The number of aryl methyl sites for hydroxylation is 1. The van der Waals surface area contributed by atoms with Crippen LogP contribution in [0.2, 0.25) is 0 Å². The first-order valence-corrected chi connectivity index (χ1v) is 13.7. The summed E-state index contributed by atoms with van der Waals surface area (Å²) in [5.74, 6) is -0.617. The van der Waals surface area contributed by atoms with Crippen molar-refractivity contribution in [1.82, 2.24) is 0 Å². The van der Waals surface area contributed by atoms with E-state index in [4.69, 9.17) is 5.11 Å². The van der Waals surface area contributed by atoms with E-state index < -0.39 is 12.1 Å². The summed E-state index contributed by atoms with van der Waals surface area (Å²) in [6, 6.07) is 17.3. The number of aromatic hydroxyl groups is 1. The molecule has 3 N–H and O–H groups in total. The highest BCUT2D eigenvalue weighted by atomic mass is 32.2. The Labute approximate surface area is 224 Å². The van der Waals surface area contributed by atoms with Crippen molar-refractivity contribution in [2.75, 3.05) is 0 Å². The molecular weight excluding hydrogens is 480 g/mol. The summed E-state index contributed by atoms with van der Waals surface area (Å²) in [5, 5.41) is 30.3. The molecule has 0 aliphatic heterocycles. The molecule has 0 spiro atoms.